The minimum atomic E-state index is -1.71. The predicted octanol–water partition coefficient (Wildman–Crippen LogP) is 6.35. The Kier molecular flexibility index (Phi) is 15.8. The molecule has 0 bridgehead atoms. The summed E-state index contributed by atoms with van der Waals surface area (Å²) in [6.45, 7) is 28.6. The van der Waals surface area contributed by atoms with Crippen LogP contribution in [-0.4, -0.2) is 98.4 Å². The molecule has 0 aromatic heterocycles. The lowest BCUT2D eigenvalue weighted by atomic mass is 9.82. The summed E-state index contributed by atoms with van der Waals surface area (Å²) in [4.78, 5) is 93.4. The molecule has 3 aliphatic rings. The second kappa shape index (κ2) is 18.8. The van der Waals surface area contributed by atoms with Gasteiger partial charge in [-0.1, -0.05) is 0 Å². The van der Waals surface area contributed by atoms with Gasteiger partial charge in [-0.2, -0.15) is 0 Å². The average molecular weight is 879 g/mol. The van der Waals surface area contributed by atoms with E-state index in [2.05, 4.69) is 0 Å². The number of rotatable bonds is 11. The molecule has 9 atom stereocenters. The molecule has 0 spiro atoms. The lowest BCUT2D eigenvalue weighted by Gasteiger charge is -2.47. The average Bonchev–Trinajstić information content (AvgIpc) is 3.47. The molecule has 16 nitrogen and oxygen atoms in total. The number of fused-ring (bicyclic) bond motifs is 1. The minimum absolute atomic E-state index is 0.105. The number of aldehydes is 1. The molecule has 2 heterocycles. The molecule has 0 aromatic carbocycles. The third-order valence-corrected chi connectivity index (χ3v) is 9.95. The van der Waals surface area contributed by atoms with Crippen LogP contribution in [-0.2, 0) is 76.2 Å². The lowest BCUT2D eigenvalue weighted by Crippen LogP contribution is -2.65. The second-order valence-electron chi connectivity index (χ2n) is 22.4. The van der Waals surface area contributed by atoms with Crippen LogP contribution < -0.4 is 0 Å². The molecule has 1 saturated heterocycles. The Morgan fingerprint density at radius 2 is 0.952 bits per heavy atom. The zero-order valence-corrected chi connectivity index (χ0v) is 39.9. The van der Waals surface area contributed by atoms with Crippen molar-refractivity contribution in [1.82, 2.24) is 0 Å². The van der Waals surface area contributed by atoms with Crippen molar-refractivity contribution >= 4 is 42.1 Å². The summed E-state index contributed by atoms with van der Waals surface area (Å²) >= 11 is 0. The lowest BCUT2D eigenvalue weighted by molar-refractivity contribution is -0.345. The first-order chi connectivity index (χ1) is 28.0. The van der Waals surface area contributed by atoms with E-state index in [-0.39, 0.29) is 12.2 Å². The van der Waals surface area contributed by atoms with Crippen molar-refractivity contribution < 1.29 is 76.2 Å². The van der Waals surface area contributed by atoms with Crippen molar-refractivity contribution in [3.8, 4) is 0 Å². The second-order valence-corrected chi connectivity index (χ2v) is 22.4. The SMILES string of the molecule is CC(C)(C)C(=O)OCC1=C[C@@H](OC(=O)C(C)(C)C)[C@@H]2C(C=O)=CO[C@@H](O[C@@H]3O[C@H](COC(=O)C(C)(C)C)[C@@H](OC(=O)C(C)(C)C)[C@H](OC(=O)C(C)(C)C)[C@H]3OC(=O)C(C)(C)C)[C@H]12. The van der Waals surface area contributed by atoms with Gasteiger partial charge in [-0.05, 0) is 136 Å². The van der Waals surface area contributed by atoms with Crippen LogP contribution in [0.25, 0.3) is 0 Å². The van der Waals surface area contributed by atoms with Crippen LogP contribution in [0, 0.1) is 44.3 Å². The van der Waals surface area contributed by atoms with Crippen molar-refractivity contribution in [2.75, 3.05) is 13.2 Å². The molecule has 0 radical (unpaired) electrons. The number of carbonyl (C=O) groups is 7. The normalized spacial score (nSPS) is 27.0. The number of hydrogen-bond donors (Lipinski definition) is 0. The highest BCUT2D eigenvalue weighted by atomic mass is 16.8. The third kappa shape index (κ3) is 13.1. The smallest absolute Gasteiger partial charge is 0.311 e. The van der Waals surface area contributed by atoms with Crippen LogP contribution >= 0.6 is 0 Å². The largest absolute Gasteiger partial charge is 0.471 e. The summed E-state index contributed by atoms with van der Waals surface area (Å²) in [5.41, 5.74) is -5.64. The molecule has 1 fully saturated rings. The van der Waals surface area contributed by atoms with E-state index in [0.717, 1.165) is 6.26 Å². The molecule has 3 rings (SSSR count). The van der Waals surface area contributed by atoms with Gasteiger partial charge in [0.05, 0.1) is 44.7 Å². The van der Waals surface area contributed by atoms with Crippen molar-refractivity contribution in [2.24, 2.45) is 44.3 Å². The molecular formula is C46H70O16. The van der Waals surface area contributed by atoms with Crippen molar-refractivity contribution in [1.29, 1.82) is 0 Å². The standard InChI is InChI=1S/C46H70O16/c1-41(2,3)35(48)55-21-24-19-26(58-37(50)43(7,8)9)28-25(20-47)22-54-33(29(24)28)62-34-32(61-40(53)46(16,17)18)31(60-39(52)45(13,14)15)30(59-38(51)44(10,11)12)27(57-34)23-56-36(49)42(4,5)6/h19-20,22,26-34H,21,23H2,1-18H3/t26-,27-,28+,29-,30-,31+,32-,33+,34+/m1/s1. The summed E-state index contributed by atoms with van der Waals surface area (Å²) in [6.07, 6.45) is -7.11. The third-order valence-electron chi connectivity index (χ3n) is 9.95. The van der Waals surface area contributed by atoms with Gasteiger partial charge in [0, 0.05) is 11.5 Å². The van der Waals surface area contributed by atoms with E-state index >= 15 is 0 Å². The minimum Gasteiger partial charge on any atom is -0.471 e. The van der Waals surface area contributed by atoms with Crippen LogP contribution in [0.2, 0.25) is 0 Å². The fraction of sp³-hybridized carbons (Fsp3) is 0.761. The van der Waals surface area contributed by atoms with E-state index in [9.17, 15) is 33.6 Å². The maximum atomic E-state index is 13.8. The molecule has 1 aliphatic carbocycles. The molecule has 0 unspecified atom stereocenters. The number of carbonyl (C=O) groups excluding carboxylic acids is 7. The fourth-order valence-electron chi connectivity index (χ4n) is 5.98. The highest BCUT2D eigenvalue weighted by molar-refractivity contribution is 5.79. The maximum absolute atomic E-state index is 13.8. The van der Waals surface area contributed by atoms with Crippen LogP contribution in [0.4, 0.5) is 0 Å². The van der Waals surface area contributed by atoms with Crippen molar-refractivity contribution in [3.63, 3.8) is 0 Å². The van der Waals surface area contributed by atoms with E-state index in [4.69, 9.17) is 42.6 Å². The molecule has 2 aliphatic heterocycles. The number of esters is 6. The summed E-state index contributed by atoms with van der Waals surface area (Å²) in [6, 6.07) is 0. The molecule has 350 valence electrons. The van der Waals surface area contributed by atoms with E-state index in [0.29, 0.717) is 11.9 Å². The van der Waals surface area contributed by atoms with Crippen LogP contribution in [0.1, 0.15) is 125 Å². The molecule has 0 aromatic rings. The predicted molar refractivity (Wildman–Crippen MR) is 222 cm³/mol. The van der Waals surface area contributed by atoms with Crippen LogP contribution in [0.15, 0.2) is 23.5 Å². The Morgan fingerprint density at radius 1 is 0.532 bits per heavy atom. The first kappa shape index (κ1) is 52.0. The summed E-state index contributed by atoms with van der Waals surface area (Å²) in [5, 5.41) is 0. The molecule has 0 saturated carbocycles. The zero-order chi connectivity index (χ0) is 47.7. The fourth-order valence-corrected chi connectivity index (χ4v) is 5.98. The first-order valence-corrected chi connectivity index (χ1v) is 21.0. The highest BCUT2D eigenvalue weighted by Crippen LogP contribution is 2.46. The van der Waals surface area contributed by atoms with Gasteiger partial charge in [0.1, 0.15) is 31.7 Å². The van der Waals surface area contributed by atoms with Gasteiger partial charge in [-0.15, -0.1) is 0 Å². The number of ether oxygens (including phenoxy) is 9. The monoisotopic (exact) mass is 878 g/mol. The molecule has 0 N–H and O–H groups in total. The molecular weight excluding hydrogens is 808 g/mol. The van der Waals surface area contributed by atoms with E-state index in [1.165, 1.54) is 0 Å². The summed E-state index contributed by atoms with van der Waals surface area (Å²) < 4.78 is 55.0. The van der Waals surface area contributed by atoms with Crippen LogP contribution in [0.5, 0.6) is 0 Å². The van der Waals surface area contributed by atoms with E-state index in [1.54, 1.807) is 131 Å². The van der Waals surface area contributed by atoms with Gasteiger partial charge >= 0.3 is 35.8 Å². The van der Waals surface area contributed by atoms with Crippen LogP contribution in [0.3, 0.4) is 0 Å². The van der Waals surface area contributed by atoms with Crippen molar-refractivity contribution in [2.45, 2.75) is 168 Å². The quantitative estimate of drug-likeness (QED) is 0.0961. The summed E-state index contributed by atoms with van der Waals surface area (Å²) in [5.74, 6) is -5.92. The van der Waals surface area contributed by atoms with Gasteiger partial charge in [0.2, 0.25) is 12.6 Å². The van der Waals surface area contributed by atoms with Gasteiger partial charge in [0.25, 0.3) is 0 Å². The van der Waals surface area contributed by atoms with Gasteiger partial charge in [-0.3, -0.25) is 33.6 Å². The molecule has 0 amide bonds. The molecule has 62 heavy (non-hydrogen) atoms. The van der Waals surface area contributed by atoms with E-state index < -0.39 is 130 Å². The van der Waals surface area contributed by atoms with Gasteiger partial charge in [0.15, 0.2) is 18.3 Å². The highest BCUT2D eigenvalue weighted by Gasteiger charge is 2.58. The Bertz CT molecular complexity index is 1760. The summed E-state index contributed by atoms with van der Waals surface area (Å²) in [7, 11) is 0. The topological polar surface area (TPSA) is 203 Å². The maximum Gasteiger partial charge on any atom is 0.311 e. The first-order valence-electron chi connectivity index (χ1n) is 21.0. The number of hydrogen-bond acceptors (Lipinski definition) is 16. The van der Waals surface area contributed by atoms with Crippen molar-refractivity contribution in [3.05, 3.63) is 23.5 Å². The van der Waals surface area contributed by atoms with E-state index in [1.807, 2.05) is 0 Å². The Balaban J connectivity index is 2.28. The van der Waals surface area contributed by atoms with Gasteiger partial charge < -0.3 is 42.6 Å². The Morgan fingerprint density at radius 3 is 1.40 bits per heavy atom. The Labute approximate surface area is 366 Å². The van der Waals surface area contributed by atoms with Gasteiger partial charge in [-0.25, -0.2) is 0 Å². The molecule has 16 heteroatoms. The zero-order valence-electron chi connectivity index (χ0n) is 39.9. The Hall–Kier alpha value is -4.31.